The maximum atomic E-state index is 14.9. The van der Waals surface area contributed by atoms with Crippen LogP contribution in [0.4, 0.5) is 24.5 Å². The van der Waals surface area contributed by atoms with E-state index in [1.807, 2.05) is 7.05 Å². The highest BCUT2D eigenvalue weighted by Gasteiger charge is 2.24. The van der Waals surface area contributed by atoms with Crippen molar-refractivity contribution in [1.82, 2.24) is 9.47 Å². The maximum absolute atomic E-state index is 14.9. The number of pyridine rings is 1. The Hall–Kier alpha value is -3.40. The van der Waals surface area contributed by atoms with Crippen molar-refractivity contribution in [3.63, 3.8) is 0 Å². The van der Waals surface area contributed by atoms with Gasteiger partial charge >= 0.3 is 5.69 Å². The van der Waals surface area contributed by atoms with Gasteiger partial charge in [0.25, 0.3) is 5.43 Å². The number of fused-ring (bicyclic) bond motifs is 1. The summed E-state index contributed by atoms with van der Waals surface area (Å²) in [6, 6.07) is 5.06. The van der Waals surface area contributed by atoms with Gasteiger partial charge < -0.3 is 14.4 Å². The van der Waals surface area contributed by atoms with E-state index in [9.17, 15) is 28.1 Å². The first-order valence-electron chi connectivity index (χ1n) is 9.18. The van der Waals surface area contributed by atoms with E-state index in [2.05, 4.69) is 4.90 Å². The number of nitro groups is 1. The van der Waals surface area contributed by atoms with Crippen LogP contribution in [-0.2, 0) is 0 Å². The molecule has 0 spiro atoms. The number of anilines is 1. The van der Waals surface area contributed by atoms with E-state index < -0.39 is 33.5 Å². The second-order valence-corrected chi connectivity index (χ2v) is 7.18. The summed E-state index contributed by atoms with van der Waals surface area (Å²) in [6.45, 7) is 2.50. The average Bonchev–Trinajstić information content (AvgIpc) is 2.69. The van der Waals surface area contributed by atoms with Gasteiger partial charge in [-0.05, 0) is 31.3 Å². The van der Waals surface area contributed by atoms with Crippen LogP contribution in [0.1, 0.15) is 0 Å². The molecule has 0 bridgehead atoms. The zero-order valence-corrected chi connectivity index (χ0v) is 15.9. The number of benzene rings is 2. The number of aromatic nitrogens is 1. The molecular weight excluding hydrogens is 401 g/mol. The molecule has 0 atom stereocenters. The van der Waals surface area contributed by atoms with Gasteiger partial charge in [-0.15, -0.1) is 0 Å². The molecule has 1 aliphatic heterocycles. The normalized spacial score (nSPS) is 15.0. The average molecular weight is 418 g/mol. The monoisotopic (exact) mass is 418 g/mol. The number of hydrogen-bond acceptors (Lipinski definition) is 5. The molecule has 0 radical (unpaired) electrons. The van der Waals surface area contributed by atoms with Crippen molar-refractivity contribution in [3.8, 4) is 5.69 Å². The van der Waals surface area contributed by atoms with E-state index in [0.717, 1.165) is 29.0 Å². The standard InChI is InChI=1S/C20H17F3N4O3/c1-24-4-6-25(7-5-24)18-10-17-13(9-15(18)23)20(28)19(27(29)30)11-26(17)16-3-2-12(21)8-14(16)22/h2-3,8-11H,4-7H2,1H3. The highest BCUT2D eigenvalue weighted by atomic mass is 19.1. The lowest BCUT2D eigenvalue weighted by Crippen LogP contribution is -2.44. The molecule has 0 saturated carbocycles. The van der Waals surface area contributed by atoms with Gasteiger partial charge in [-0.2, -0.15) is 0 Å². The minimum atomic E-state index is -0.974. The number of rotatable bonds is 3. The van der Waals surface area contributed by atoms with Gasteiger partial charge in [0.1, 0.15) is 17.5 Å². The Labute approximate surface area is 168 Å². The van der Waals surface area contributed by atoms with Crippen molar-refractivity contribution >= 4 is 22.3 Å². The molecule has 0 aliphatic carbocycles. The lowest BCUT2D eigenvalue weighted by molar-refractivity contribution is -0.386. The van der Waals surface area contributed by atoms with E-state index in [-0.39, 0.29) is 22.3 Å². The SMILES string of the molecule is CN1CCN(c2cc3c(cc2F)c(=O)c([N+](=O)[O-])cn3-c2ccc(F)cc2F)CC1. The van der Waals surface area contributed by atoms with Gasteiger partial charge in [0, 0.05) is 32.2 Å². The third-order valence-corrected chi connectivity index (χ3v) is 5.26. The lowest BCUT2D eigenvalue weighted by atomic mass is 10.1. The van der Waals surface area contributed by atoms with Gasteiger partial charge in [0.15, 0.2) is 0 Å². The van der Waals surface area contributed by atoms with Crippen LogP contribution in [-0.4, -0.2) is 47.6 Å². The van der Waals surface area contributed by atoms with Crippen LogP contribution in [0.3, 0.4) is 0 Å². The Bertz CT molecular complexity index is 1220. The molecule has 1 saturated heterocycles. The fraction of sp³-hybridized carbons (Fsp3) is 0.250. The van der Waals surface area contributed by atoms with Crippen molar-refractivity contribution in [2.75, 3.05) is 38.1 Å². The Morgan fingerprint density at radius 1 is 0.967 bits per heavy atom. The van der Waals surface area contributed by atoms with E-state index in [4.69, 9.17) is 0 Å². The zero-order chi connectivity index (χ0) is 21.6. The van der Waals surface area contributed by atoms with Gasteiger partial charge in [0.2, 0.25) is 0 Å². The molecule has 0 N–H and O–H groups in total. The molecule has 30 heavy (non-hydrogen) atoms. The highest BCUT2D eigenvalue weighted by molar-refractivity contribution is 5.86. The Balaban J connectivity index is 2.01. The number of nitrogens with zero attached hydrogens (tertiary/aromatic N) is 4. The van der Waals surface area contributed by atoms with Crippen LogP contribution in [0.15, 0.2) is 41.3 Å². The summed E-state index contributed by atoms with van der Waals surface area (Å²) in [4.78, 5) is 26.9. The summed E-state index contributed by atoms with van der Waals surface area (Å²) in [5, 5.41) is 11.1. The van der Waals surface area contributed by atoms with Crippen LogP contribution in [0.2, 0.25) is 0 Å². The number of halogens is 3. The summed E-state index contributed by atoms with van der Waals surface area (Å²) in [6.07, 6.45) is 0.882. The summed E-state index contributed by atoms with van der Waals surface area (Å²) < 4.78 is 43.8. The molecule has 2 aromatic carbocycles. The highest BCUT2D eigenvalue weighted by Crippen LogP contribution is 2.29. The Morgan fingerprint density at radius 3 is 2.27 bits per heavy atom. The molecule has 156 valence electrons. The van der Waals surface area contributed by atoms with E-state index in [1.54, 1.807) is 4.90 Å². The molecule has 10 heteroatoms. The molecule has 0 amide bonds. The molecule has 1 aliphatic rings. The number of hydrogen-bond donors (Lipinski definition) is 0. The molecule has 1 fully saturated rings. The summed E-state index contributed by atoms with van der Waals surface area (Å²) in [7, 11) is 1.95. The molecule has 3 aromatic rings. The van der Waals surface area contributed by atoms with Gasteiger partial charge in [-0.1, -0.05) is 0 Å². The van der Waals surface area contributed by atoms with Gasteiger partial charge in [-0.3, -0.25) is 14.9 Å². The molecule has 1 aromatic heterocycles. The topological polar surface area (TPSA) is 71.6 Å². The quantitative estimate of drug-likeness (QED) is 0.483. The number of likely N-dealkylation sites (N-methyl/N-ethyl adjacent to an activating group) is 1. The second kappa shape index (κ2) is 7.45. The maximum Gasteiger partial charge on any atom is 0.333 e. The van der Waals surface area contributed by atoms with Crippen LogP contribution in [0.25, 0.3) is 16.6 Å². The molecule has 0 unspecified atom stereocenters. The fourth-order valence-corrected chi connectivity index (χ4v) is 3.62. The van der Waals surface area contributed by atoms with Crippen LogP contribution < -0.4 is 10.3 Å². The third kappa shape index (κ3) is 3.39. The van der Waals surface area contributed by atoms with Crippen LogP contribution in [0, 0.1) is 27.6 Å². The first-order chi connectivity index (χ1) is 14.3. The van der Waals surface area contributed by atoms with E-state index >= 15 is 0 Å². The summed E-state index contributed by atoms with van der Waals surface area (Å²) in [5.41, 5.74) is -1.71. The largest absolute Gasteiger partial charge is 0.367 e. The van der Waals surface area contributed by atoms with Gasteiger partial charge in [0.05, 0.1) is 33.4 Å². The predicted octanol–water partition coefficient (Wildman–Crippen LogP) is 3.07. The minimum Gasteiger partial charge on any atom is -0.367 e. The molecular formula is C20H17F3N4O3. The molecule has 7 nitrogen and oxygen atoms in total. The Kier molecular flexibility index (Phi) is 4.94. The van der Waals surface area contributed by atoms with Crippen molar-refractivity contribution in [2.24, 2.45) is 0 Å². The molecule has 4 rings (SSSR count). The predicted molar refractivity (Wildman–Crippen MR) is 106 cm³/mol. The van der Waals surface area contributed by atoms with Crippen molar-refractivity contribution in [2.45, 2.75) is 0 Å². The van der Waals surface area contributed by atoms with Crippen molar-refractivity contribution in [1.29, 1.82) is 0 Å². The zero-order valence-electron chi connectivity index (χ0n) is 15.9. The van der Waals surface area contributed by atoms with E-state index in [1.165, 1.54) is 6.07 Å². The first kappa shape index (κ1) is 19.9. The smallest absolute Gasteiger partial charge is 0.333 e. The minimum absolute atomic E-state index is 0.0893. The summed E-state index contributed by atoms with van der Waals surface area (Å²) in [5.74, 6) is -2.49. The van der Waals surface area contributed by atoms with Crippen molar-refractivity contribution < 1.29 is 18.1 Å². The van der Waals surface area contributed by atoms with Crippen LogP contribution >= 0.6 is 0 Å². The Morgan fingerprint density at radius 2 is 1.63 bits per heavy atom. The second-order valence-electron chi connectivity index (χ2n) is 7.18. The molecule has 2 heterocycles. The lowest BCUT2D eigenvalue weighted by Gasteiger charge is -2.34. The van der Waals surface area contributed by atoms with E-state index in [0.29, 0.717) is 32.2 Å². The van der Waals surface area contributed by atoms with Crippen LogP contribution in [0.5, 0.6) is 0 Å². The fourth-order valence-electron chi connectivity index (χ4n) is 3.62. The number of piperazine rings is 1. The van der Waals surface area contributed by atoms with Gasteiger partial charge in [-0.25, -0.2) is 13.2 Å². The van der Waals surface area contributed by atoms with Crippen molar-refractivity contribution in [3.05, 3.63) is 74.3 Å². The summed E-state index contributed by atoms with van der Waals surface area (Å²) >= 11 is 0. The third-order valence-electron chi connectivity index (χ3n) is 5.26. The first-order valence-corrected chi connectivity index (χ1v) is 9.18.